The topological polar surface area (TPSA) is 52.1 Å². The first-order valence-corrected chi connectivity index (χ1v) is 7.68. The Bertz CT molecular complexity index is 798. The fourth-order valence-corrected chi connectivity index (χ4v) is 2.68. The number of hydrogen-bond acceptors (Lipinski definition) is 5. The highest BCUT2D eigenvalue weighted by atomic mass is 35.5. The van der Waals surface area contributed by atoms with Crippen molar-refractivity contribution in [3.8, 4) is 17.1 Å². The van der Waals surface area contributed by atoms with Crippen LogP contribution >= 0.6 is 22.9 Å². The summed E-state index contributed by atoms with van der Waals surface area (Å²) in [5.41, 5.74) is 0.823. The Hall–Kier alpha value is -2.24. The molecule has 0 atom stereocenters. The highest BCUT2D eigenvalue weighted by Crippen LogP contribution is 2.22. The summed E-state index contributed by atoms with van der Waals surface area (Å²) in [5, 5.41) is 0.487. The molecule has 22 heavy (non-hydrogen) atoms. The van der Waals surface area contributed by atoms with E-state index in [0.717, 1.165) is 10.4 Å². The molecule has 0 amide bonds. The molecule has 110 valence electrons. The maximum Gasteiger partial charge on any atom is 0.353 e. The van der Waals surface area contributed by atoms with E-state index in [0.29, 0.717) is 21.5 Å². The minimum absolute atomic E-state index is 0.353. The number of carbonyl (C=O) groups excluding carboxylic acids is 1. The third-order valence-corrected chi connectivity index (χ3v) is 4.06. The molecule has 0 aliphatic heterocycles. The summed E-state index contributed by atoms with van der Waals surface area (Å²) in [6.45, 7) is 1.95. The van der Waals surface area contributed by atoms with Crippen LogP contribution in [0.3, 0.4) is 0 Å². The monoisotopic (exact) mass is 330 g/mol. The highest BCUT2D eigenvalue weighted by Gasteiger charge is 2.11. The summed E-state index contributed by atoms with van der Waals surface area (Å²) >= 11 is 7.17. The molecular formula is C16H11ClN2O2S. The van der Waals surface area contributed by atoms with Gasteiger partial charge in [-0.05, 0) is 43.3 Å². The summed E-state index contributed by atoms with van der Waals surface area (Å²) in [6.07, 6.45) is 3.08. The van der Waals surface area contributed by atoms with E-state index in [9.17, 15) is 4.79 Å². The maximum absolute atomic E-state index is 12.0. The molecule has 0 aliphatic carbocycles. The normalized spacial score (nSPS) is 10.5. The Morgan fingerprint density at radius 2 is 1.77 bits per heavy atom. The molecule has 0 bridgehead atoms. The van der Waals surface area contributed by atoms with Gasteiger partial charge in [-0.25, -0.2) is 14.8 Å². The first-order chi connectivity index (χ1) is 10.6. The first kappa shape index (κ1) is 14.7. The van der Waals surface area contributed by atoms with Crippen LogP contribution in [0, 0.1) is 6.92 Å². The van der Waals surface area contributed by atoms with Gasteiger partial charge in [0.2, 0.25) is 0 Å². The number of rotatable bonds is 3. The van der Waals surface area contributed by atoms with Gasteiger partial charge in [0, 0.05) is 22.8 Å². The van der Waals surface area contributed by atoms with Gasteiger partial charge in [-0.1, -0.05) is 11.6 Å². The lowest BCUT2D eigenvalue weighted by atomic mass is 10.2. The highest BCUT2D eigenvalue weighted by molar-refractivity contribution is 7.13. The molecule has 0 aliphatic rings. The van der Waals surface area contributed by atoms with E-state index in [2.05, 4.69) is 9.97 Å². The van der Waals surface area contributed by atoms with E-state index >= 15 is 0 Å². The van der Waals surface area contributed by atoms with Crippen LogP contribution in [-0.4, -0.2) is 15.9 Å². The zero-order valence-corrected chi connectivity index (χ0v) is 13.2. The number of aryl methyl sites for hydroxylation is 1. The number of hydrogen-bond donors (Lipinski definition) is 0. The summed E-state index contributed by atoms with van der Waals surface area (Å²) in [6, 6.07) is 10.7. The maximum atomic E-state index is 12.0. The Morgan fingerprint density at radius 3 is 2.36 bits per heavy atom. The lowest BCUT2D eigenvalue weighted by Crippen LogP contribution is -2.06. The molecule has 4 nitrogen and oxygen atoms in total. The van der Waals surface area contributed by atoms with Gasteiger partial charge in [0.25, 0.3) is 0 Å². The zero-order valence-electron chi connectivity index (χ0n) is 11.6. The quantitative estimate of drug-likeness (QED) is 0.528. The van der Waals surface area contributed by atoms with Crippen LogP contribution in [0.25, 0.3) is 11.4 Å². The largest absolute Gasteiger partial charge is 0.422 e. The van der Waals surface area contributed by atoms with E-state index in [1.807, 2.05) is 13.0 Å². The van der Waals surface area contributed by atoms with E-state index in [1.165, 1.54) is 23.7 Å². The lowest BCUT2D eigenvalue weighted by molar-refractivity contribution is 0.0740. The van der Waals surface area contributed by atoms with Crippen molar-refractivity contribution in [2.24, 2.45) is 0 Å². The number of benzene rings is 1. The number of esters is 1. The molecular weight excluding hydrogens is 320 g/mol. The Morgan fingerprint density at radius 1 is 1.09 bits per heavy atom. The van der Waals surface area contributed by atoms with Gasteiger partial charge in [-0.3, -0.25) is 0 Å². The summed E-state index contributed by atoms with van der Waals surface area (Å²) in [4.78, 5) is 21.9. The van der Waals surface area contributed by atoms with Gasteiger partial charge in [0.1, 0.15) is 10.6 Å². The summed E-state index contributed by atoms with van der Waals surface area (Å²) < 4.78 is 5.33. The minimum Gasteiger partial charge on any atom is -0.422 e. The van der Waals surface area contributed by atoms with Crippen LogP contribution in [0.4, 0.5) is 0 Å². The molecule has 3 aromatic rings. The van der Waals surface area contributed by atoms with Crippen molar-refractivity contribution < 1.29 is 9.53 Å². The molecule has 0 fully saturated rings. The molecule has 0 saturated heterocycles. The van der Waals surface area contributed by atoms with Gasteiger partial charge in [0.05, 0.1) is 5.02 Å². The lowest BCUT2D eigenvalue weighted by Gasteiger charge is -2.04. The van der Waals surface area contributed by atoms with E-state index in [1.54, 1.807) is 30.3 Å². The molecule has 0 radical (unpaired) electrons. The molecule has 0 unspecified atom stereocenters. The number of thiophene rings is 1. The van der Waals surface area contributed by atoms with Gasteiger partial charge >= 0.3 is 5.97 Å². The van der Waals surface area contributed by atoms with Crippen molar-refractivity contribution in [3.63, 3.8) is 0 Å². The second kappa shape index (κ2) is 6.25. The molecule has 2 aromatic heterocycles. The standard InChI is InChI=1S/C16H11ClN2O2S/c1-10-2-7-14(22-10)16(20)21-13-5-3-11(4-6-13)15-18-8-12(17)9-19-15/h2-9H,1H3. The number of carbonyl (C=O) groups is 1. The predicted octanol–water partition coefficient (Wildman–Crippen LogP) is 4.39. The molecule has 1 aromatic carbocycles. The predicted molar refractivity (Wildman–Crippen MR) is 86.5 cm³/mol. The van der Waals surface area contributed by atoms with E-state index in [4.69, 9.17) is 16.3 Å². The minimum atomic E-state index is -0.353. The second-order valence-corrected chi connectivity index (χ2v) is 6.27. The Labute approximate surface area is 136 Å². The average molecular weight is 331 g/mol. The molecule has 0 N–H and O–H groups in total. The van der Waals surface area contributed by atoms with Crippen molar-refractivity contribution >= 4 is 28.9 Å². The van der Waals surface area contributed by atoms with Crippen molar-refractivity contribution in [1.29, 1.82) is 0 Å². The van der Waals surface area contributed by atoms with Crippen LogP contribution < -0.4 is 4.74 Å². The van der Waals surface area contributed by atoms with Gasteiger partial charge in [0.15, 0.2) is 5.82 Å². The summed E-state index contributed by atoms with van der Waals surface area (Å²) in [7, 11) is 0. The summed E-state index contributed by atoms with van der Waals surface area (Å²) in [5.74, 6) is 0.693. The average Bonchev–Trinajstić information content (AvgIpc) is 2.96. The second-order valence-electron chi connectivity index (χ2n) is 4.55. The fraction of sp³-hybridized carbons (Fsp3) is 0.0625. The first-order valence-electron chi connectivity index (χ1n) is 6.48. The van der Waals surface area contributed by atoms with Crippen LogP contribution in [-0.2, 0) is 0 Å². The third-order valence-electron chi connectivity index (χ3n) is 2.88. The van der Waals surface area contributed by atoms with Crippen LogP contribution in [0.1, 0.15) is 14.5 Å². The molecule has 6 heteroatoms. The number of nitrogens with zero attached hydrogens (tertiary/aromatic N) is 2. The van der Waals surface area contributed by atoms with Crippen LogP contribution in [0.2, 0.25) is 5.02 Å². The Kier molecular flexibility index (Phi) is 4.18. The number of halogens is 1. The van der Waals surface area contributed by atoms with Crippen molar-refractivity contribution in [2.75, 3.05) is 0 Å². The van der Waals surface area contributed by atoms with Crippen LogP contribution in [0.15, 0.2) is 48.8 Å². The third kappa shape index (κ3) is 3.32. The van der Waals surface area contributed by atoms with Crippen LogP contribution in [0.5, 0.6) is 5.75 Å². The van der Waals surface area contributed by atoms with E-state index in [-0.39, 0.29) is 5.97 Å². The number of aromatic nitrogens is 2. The Balaban J connectivity index is 1.74. The van der Waals surface area contributed by atoms with Crippen molar-refractivity contribution in [3.05, 3.63) is 63.6 Å². The van der Waals surface area contributed by atoms with Gasteiger partial charge < -0.3 is 4.74 Å². The van der Waals surface area contributed by atoms with Crippen molar-refractivity contribution in [2.45, 2.75) is 6.92 Å². The number of ether oxygens (including phenoxy) is 1. The molecule has 0 saturated carbocycles. The van der Waals surface area contributed by atoms with E-state index < -0.39 is 0 Å². The SMILES string of the molecule is Cc1ccc(C(=O)Oc2ccc(-c3ncc(Cl)cn3)cc2)s1. The smallest absolute Gasteiger partial charge is 0.353 e. The molecule has 0 spiro atoms. The van der Waals surface area contributed by atoms with Crippen molar-refractivity contribution in [1.82, 2.24) is 9.97 Å². The fourth-order valence-electron chi connectivity index (χ4n) is 1.83. The van der Waals surface area contributed by atoms with Gasteiger partial charge in [-0.2, -0.15) is 0 Å². The van der Waals surface area contributed by atoms with Gasteiger partial charge in [-0.15, -0.1) is 11.3 Å². The molecule has 3 rings (SSSR count). The molecule has 2 heterocycles. The zero-order chi connectivity index (χ0) is 15.5.